The van der Waals surface area contributed by atoms with Crippen molar-refractivity contribution in [3.05, 3.63) is 46.0 Å². The molecule has 0 bridgehead atoms. The SMILES string of the molecule is C=CCn1ncc(NCc2cn[nH]c2N)c(Cl)c1=O. The molecule has 8 heteroatoms. The number of hydrogen-bond donors (Lipinski definition) is 3. The molecule has 0 aliphatic rings. The zero-order chi connectivity index (χ0) is 13.8. The number of allylic oxidation sites excluding steroid dienone is 1. The average Bonchev–Trinajstić information content (AvgIpc) is 2.80. The second-order valence-electron chi connectivity index (χ2n) is 3.81. The molecular formula is C11H13ClN6O. The Bertz CT molecular complexity index is 647. The predicted octanol–water partition coefficient (Wildman–Crippen LogP) is 1.00. The number of aromatic nitrogens is 4. The highest BCUT2D eigenvalue weighted by Gasteiger charge is 2.09. The van der Waals surface area contributed by atoms with E-state index in [9.17, 15) is 4.79 Å². The Morgan fingerprint density at radius 1 is 1.58 bits per heavy atom. The van der Waals surface area contributed by atoms with Crippen molar-refractivity contribution in [3.8, 4) is 0 Å². The van der Waals surface area contributed by atoms with Gasteiger partial charge in [-0.25, -0.2) is 4.68 Å². The van der Waals surface area contributed by atoms with Crippen LogP contribution >= 0.6 is 11.6 Å². The Balaban J connectivity index is 2.18. The fourth-order valence-electron chi connectivity index (χ4n) is 1.49. The molecule has 0 spiro atoms. The van der Waals surface area contributed by atoms with Crippen LogP contribution in [0, 0.1) is 0 Å². The topological polar surface area (TPSA) is 102 Å². The van der Waals surface area contributed by atoms with Gasteiger partial charge in [-0.1, -0.05) is 17.7 Å². The molecule has 2 heterocycles. The average molecular weight is 281 g/mol. The van der Waals surface area contributed by atoms with E-state index >= 15 is 0 Å². The van der Waals surface area contributed by atoms with Crippen molar-refractivity contribution in [2.75, 3.05) is 11.1 Å². The summed E-state index contributed by atoms with van der Waals surface area (Å²) in [6, 6.07) is 0. The lowest BCUT2D eigenvalue weighted by Gasteiger charge is -2.08. The minimum atomic E-state index is -0.369. The Kier molecular flexibility index (Phi) is 3.86. The molecule has 2 aromatic heterocycles. The maximum absolute atomic E-state index is 11.8. The van der Waals surface area contributed by atoms with Crippen molar-refractivity contribution in [1.29, 1.82) is 0 Å². The van der Waals surface area contributed by atoms with Crippen molar-refractivity contribution in [1.82, 2.24) is 20.0 Å². The third-order valence-electron chi connectivity index (χ3n) is 2.51. The Morgan fingerprint density at radius 2 is 2.37 bits per heavy atom. The van der Waals surface area contributed by atoms with Gasteiger partial charge in [0.05, 0.1) is 24.6 Å². The highest BCUT2D eigenvalue weighted by atomic mass is 35.5. The number of nitrogens with one attached hydrogen (secondary N) is 2. The molecular weight excluding hydrogens is 268 g/mol. The summed E-state index contributed by atoms with van der Waals surface area (Å²) in [7, 11) is 0. The maximum atomic E-state index is 11.8. The fraction of sp³-hybridized carbons (Fsp3) is 0.182. The van der Waals surface area contributed by atoms with E-state index in [4.69, 9.17) is 17.3 Å². The van der Waals surface area contributed by atoms with Gasteiger partial charge < -0.3 is 11.1 Å². The summed E-state index contributed by atoms with van der Waals surface area (Å²) in [6.07, 6.45) is 4.66. The number of nitrogens with two attached hydrogens (primary N) is 1. The Labute approximate surface area is 114 Å². The largest absolute Gasteiger partial charge is 0.384 e. The molecule has 0 radical (unpaired) electrons. The minimum Gasteiger partial charge on any atom is -0.384 e. The smallest absolute Gasteiger partial charge is 0.287 e. The van der Waals surface area contributed by atoms with Crippen LogP contribution < -0.4 is 16.6 Å². The molecule has 0 aliphatic heterocycles. The van der Waals surface area contributed by atoms with Crippen LogP contribution in [0.1, 0.15) is 5.56 Å². The number of nitrogen functional groups attached to an aromatic ring is 1. The first-order valence-electron chi connectivity index (χ1n) is 5.51. The molecule has 4 N–H and O–H groups in total. The summed E-state index contributed by atoms with van der Waals surface area (Å²) in [5, 5.41) is 13.5. The van der Waals surface area contributed by atoms with Crippen LogP contribution in [0.15, 0.2) is 29.8 Å². The molecule has 0 aromatic carbocycles. The molecule has 0 saturated heterocycles. The number of aromatic amines is 1. The molecule has 0 aliphatic carbocycles. The molecule has 0 fully saturated rings. The van der Waals surface area contributed by atoms with Gasteiger partial charge >= 0.3 is 0 Å². The number of H-pyrrole nitrogens is 1. The van der Waals surface area contributed by atoms with Gasteiger partial charge in [0.25, 0.3) is 5.56 Å². The molecule has 0 saturated carbocycles. The van der Waals surface area contributed by atoms with Gasteiger partial charge in [0.2, 0.25) is 0 Å². The zero-order valence-electron chi connectivity index (χ0n) is 10.1. The van der Waals surface area contributed by atoms with Gasteiger partial charge in [-0.3, -0.25) is 9.89 Å². The van der Waals surface area contributed by atoms with Crippen LogP contribution in [0.2, 0.25) is 5.02 Å². The number of nitrogens with zero attached hydrogens (tertiary/aromatic N) is 3. The van der Waals surface area contributed by atoms with Crippen LogP contribution in [-0.2, 0) is 13.1 Å². The van der Waals surface area contributed by atoms with Crippen LogP contribution in [-0.4, -0.2) is 20.0 Å². The zero-order valence-corrected chi connectivity index (χ0v) is 10.8. The summed E-state index contributed by atoms with van der Waals surface area (Å²) < 4.78 is 1.23. The van der Waals surface area contributed by atoms with Crippen molar-refractivity contribution >= 4 is 23.1 Å². The summed E-state index contributed by atoms with van der Waals surface area (Å²) in [6.45, 7) is 4.26. The lowest BCUT2D eigenvalue weighted by atomic mass is 10.3. The third kappa shape index (κ3) is 2.76. The van der Waals surface area contributed by atoms with Crippen LogP contribution in [0.25, 0.3) is 0 Å². The standard InChI is InChI=1S/C11H13ClN6O/c1-2-3-18-11(19)9(12)8(6-16-18)14-4-7-5-15-17-10(7)13/h2,5-6,14H,1,3-4H2,(H3,13,15,17). The molecule has 0 unspecified atom stereocenters. The molecule has 100 valence electrons. The summed E-state index contributed by atoms with van der Waals surface area (Å²) in [5.41, 5.74) is 6.52. The lowest BCUT2D eigenvalue weighted by Crippen LogP contribution is -2.23. The highest BCUT2D eigenvalue weighted by Crippen LogP contribution is 2.17. The van der Waals surface area contributed by atoms with Gasteiger partial charge in [0.15, 0.2) is 0 Å². The Hall–Kier alpha value is -2.28. The Morgan fingerprint density at radius 3 is 3.00 bits per heavy atom. The third-order valence-corrected chi connectivity index (χ3v) is 2.87. The molecule has 2 aromatic rings. The normalized spacial score (nSPS) is 10.4. The predicted molar refractivity (Wildman–Crippen MR) is 74.0 cm³/mol. The number of anilines is 2. The first-order valence-corrected chi connectivity index (χ1v) is 5.89. The maximum Gasteiger partial charge on any atom is 0.287 e. The van der Waals surface area contributed by atoms with Gasteiger partial charge in [0.1, 0.15) is 10.8 Å². The van der Waals surface area contributed by atoms with Gasteiger partial charge in [-0.05, 0) is 0 Å². The van der Waals surface area contributed by atoms with E-state index in [0.29, 0.717) is 24.6 Å². The van der Waals surface area contributed by atoms with Crippen LogP contribution in [0.5, 0.6) is 0 Å². The summed E-state index contributed by atoms with van der Waals surface area (Å²) in [4.78, 5) is 11.8. The van der Waals surface area contributed by atoms with Crippen molar-refractivity contribution < 1.29 is 0 Å². The van der Waals surface area contributed by atoms with E-state index in [0.717, 1.165) is 5.56 Å². The van der Waals surface area contributed by atoms with E-state index in [-0.39, 0.29) is 10.6 Å². The highest BCUT2D eigenvalue weighted by molar-refractivity contribution is 6.32. The van der Waals surface area contributed by atoms with E-state index in [1.165, 1.54) is 10.9 Å². The van der Waals surface area contributed by atoms with Crippen molar-refractivity contribution in [2.24, 2.45) is 0 Å². The molecule has 2 rings (SSSR count). The molecule has 7 nitrogen and oxygen atoms in total. The first-order chi connectivity index (χ1) is 9.13. The van der Waals surface area contributed by atoms with Crippen LogP contribution in [0.4, 0.5) is 11.5 Å². The molecule has 19 heavy (non-hydrogen) atoms. The minimum absolute atomic E-state index is 0.0823. The van der Waals surface area contributed by atoms with Gasteiger partial charge in [-0.2, -0.15) is 10.2 Å². The molecule has 0 atom stereocenters. The second kappa shape index (κ2) is 5.57. The first kappa shape index (κ1) is 13.2. The molecule has 0 amide bonds. The van der Waals surface area contributed by atoms with E-state index in [1.54, 1.807) is 12.3 Å². The van der Waals surface area contributed by atoms with Crippen LogP contribution in [0.3, 0.4) is 0 Å². The summed E-state index contributed by atoms with van der Waals surface area (Å²) >= 11 is 5.99. The fourth-order valence-corrected chi connectivity index (χ4v) is 1.71. The monoisotopic (exact) mass is 280 g/mol. The van der Waals surface area contributed by atoms with Gasteiger partial charge in [-0.15, -0.1) is 6.58 Å². The lowest BCUT2D eigenvalue weighted by molar-refractivity contribution is 0.653. The van der Waals surface area contributed by atoms with Crippen molar-refractivity contribution in [2.45, 2.75) is 13.1 Å². The summed E-state index contributed by atoms with van der Waals surface area (Å²) in [5.74, 6) is 0.469. The number of halogens is 1. The number of hydrogen-bond acceptors (Lipinski definition) is 5. The van der Waals surface area contributed by atoms with E-state index in [1.807, 2.05) is 0 Å². The van der Waals surface area contributed by atoms with E-state index in [2.05, 4.69) is 27.2 Å². The second-order valence-corrected chi connectivity index (χ2v) is 4.19. The quantitative estimate of drug-likeness (QED) is 0.709. The van der Waals surface area contributed by atoms with Gasteiger partial charge in [0, 0.05) is 12.1 Å². The number of rotatable bonds is 5. The van der Waals surface area contributed by atoms with Crippen molar-refractivity contribution in [3.63, 3.8) is 0 Å². The van der Waals surface area contributed by atoms with E-state index < -0.39 is 0 Å².